The molecule has 0 saturated carbocycles. The third-order valence-corrected chi connectivity index (χ3v) is 1.34. The number of carbonyl (C=O) groups excluding carboxylic acids is 2. The van der Waals surface area contributed by atoms with E-state index in [0.29, 0.717) is 0 Å². The molecule has 0 bridgehead atoms. The Balaban J connectivity index is 0. The van der Waals surface area contributed by atoms with Gasteiger partial charge in [-0.15, -0.1) is 0 Å². The van der Waals surface area contributed by atoms with Crippen molar-refractivity contribution in [1.29, 1.82) is 0 Å². The van der Waals surface area contributed by atoms with Gasteiger partial charge in [-0.2, -0.15) is 0 Å². The van der Waals surface area contributed by atoms with E-state index in [2.05, 4.69) is 0 Å². The van der Waals surface area contributed by atoms with Crippen LogP contribution in [0.25, 0.3) is 0 Å². The van der Waals surface area contributed by atoms with E-state index < -0.39 is 6.29 Å². The second kappa shape index (κ2) is 7.35. The van der Waals surface area contributed by atoms with Gasteiger partial charge >= 0.3 is 11.9 Å². The number of ether oxygens (including phenoxy) is 2. The average molecular weight is 204 g/mol. The van der Waals surface area contributed by atoms with Crippen LogP contribution in [0.4, 0.5) is 0 Å². The molecule has 84 valence electrons. The fourth-order valence-corrected chi connectivity index (χ4v) is 0.592. The fourth-order valence-electron chi connectivity index (χ4n) is 0.592. The standard InChI is InChI=1S/C9H16O4.CH4/c1-5-8(10)12-7(4)13-9(11)6(2)3;/h6-7H,5H2,1-4H3;1H4. The lowest BCUT2D eigenvalue weighted by Gasteiger charge is -2.14. The highest BCUT2D eigenvalue weighted by molar-refractivity contribution is 5.72. The van der Waals surface area contributed by atoms with E-state index in [1.54, 1.807) is 20.8 Å². The van der Waals surface area contributed by atoms with Crippen molar-refractivity contribution in [1.82, 2.24) is 0 Å². The largest absolute Gasteiger partial charge is 0.425 e. The van der Waals surface area contributed by atoms with Crippen LogP contribution in [0.15, 0.2) is 0 Å². The van der Waals surface area contributed by atoms with Crippen LogP contribution in [-0.4, -0.2) is 18.2 Å². The molecule has 0 aliphatic carbocycles. The molecule has 0 aromatic carbocycles. The van der Waals surface area contributed by atoms with E-state index >= 15 is 0 Å². The lowest BCUT2D eigenvalue weighted by Crippen LogP contribution is -2.23. The van der Waals surface area contributed by atoms with Crippen LogP contribution in [0, 0.1) is 5.92 Å². The summed E-state index contributed by atoms with van der Waals surface area (Å²) in [5.74, 6) is -0.941. The Morgan fingerprint density at radius 1 is 1.14 bits per heavy atom. The van der Waals surface area contributed by atoms with Crippen LogP contribution in [0.5, 0.6) is 0 Å². The van der Waals surface area contributed by atoms with E-state index in [4.69, 9.17) is 9.47 Å². The first-order valence-corrected chi connectivity index (χ1v) is 4.37. The van der Waals surface area contributed by atoms with Crippen molar-refractivity contribution in [2.45, 2.75) is 47.8 Å². The second-order valence-electron chi connectivity index (χ2n) is 3.00. The fraction of sp³-hybridized carbons (Fsp3) is 0.800. The van der Waals surface area contributed by atoms with Gasteiger partial charge in [-0.25, -0.2) is 0 Å². The monoisotopic (exact) mass is 204 g/mol. The maximum atomic E-state index is 11.0. The van der Waals surface area contributed by atoms with Gasteiger partial charge in [-0.1, -0.05) is 28.2 Å². The predicted molar refractivity (Wildman–Crippen MR) is 53.5 cm³/mol. The van der Waals surface area contributed by atoms with Gasteiger partial charge in [-0.3, -0.25) is 9.59 Å². The van der Waals surface area contributed by atoms with E-state index in [9.17, 15) is 9.59 Å². The van der Waals surface area contributed by atoms with Gasteiger partial charge < -0.3 is 9.47 Å². The Morgan fingerprint density at radius 2 is 1.64 bits per heavy atom. The molecule has 0 fully saturated rings. The van der Waals surface area contributed by atoms with Gasteiger partial charge in [0.25, 0.3) is 0 Å². The van der Waals surface area contributed by atoms with Crippen LogP contribution in [0.2, 0.25) is 0 Å². The summed E-state index contributed by atoms with van der Waals surface area (Å²) in [4.78, 5) is 21.8. The van der Waals surface area contributed by atoms with E-state index in [1.807, 2.05) is 0 Å². The molecular weight excluding hydrogens is 184 g/mol. The summed E-state index contributed by atoms with van der Waals surface area (Å²) in [5.41, 5.74) is 0. The Hall–Kier alpha value is -1.06. The predicted octanol–water partition coefficient (Wildman–Crippen LogP) is 2.12. The van der Waals surface area contributed by atoms with Crippen molar-refractivity contribution in [3.8, 4) is 0 Å². The molecule has 0 heterocycles. The smallest absolute Gasteiger partial charge is 0.311 e. The summed E-state index contributed by atoms with van der Waals surface area (Å²) in [7, 11) is 0. The van der Waals surface area contributed by atoms with Crippen molar-refractivity contribution in [3.63, 3.8) is 0 Å². The molecule has 0 aromatic heterocycles. The third-order valence-electron chi connectivity index (χ3n) is 1.34. The Kier molecular flexibility index (Phi) is 8.10. The van der Waals surface area contributed by atoms with Crippen molar-refractivity contribution < 1.29 is 19.1 Å². The zero-order chi connectivity index (χ0) is 10.4. The Labute approximate surface area is 85.6 Å². The molecule has 1 unspecified atom stereocenters. The molecule has 4 heteroatoms. The lowest BCUT2D eigenvalue weighted by atomic mass is 10.2. The van der Waals surface area contributed by atoms with Crippen molar-refractivity contribution >= 4 is 11.9 Å². The molecule has 0 amide bonds. The molecule has 0 saturated heterocycles. The minimum absolute atomic E-state index is 0. The summed E-state index contributed by atoms with van der Waals surface area (Å²) >= 11 is 0. The average Bonchev–Trinajstić information content (AvgIpc) is 2.03. The van der Waals surface area contributed by atoms with Gasteiger partial charge in [0.1, 0.15) is 0 Å². The first-order chi connectivity index (χ1) is 5.97. The van der Waals surface area contributed by atoms with Crippen LogP contribution < -0.4 is 0 Å². The summed E-state index contributed by atoms with van der Waals surface area (Å²) < 4.78 is 9.54. The van der Waals surface area contributed by atoms with Crippen LogP contribution in [0.3, 0.4) is 0 Å². The zero-order valence-corrected chi connectivity index (χ0v) is 8.49. The van der Waals surface area contributed by atoms with Gasteiger partial charge in [-0.05, 0) is 0 Å². The molecule has 0 aliphatic heterocycles. The topological polar surface area (TPSA) is 52.6 Å². The number of carbonyl (C=O) groups is 2. The summed E-state index contributed by atoms with van der Waals surface area (Å²) in [6.07, 6.45) is -0.508. The van der Waals surface area contributed by atoms with Crippen molar-refractivity contribution in [2.75, 3.05) is 0 Å². The van der Waals surface area contributed by atoms with Crippen LogP contribution >= 0.6 is 0 Å². The third kappa shape index (κ3) is 6.46. The molecule has 14 heavy (non-hydrogen) atoms. The molecule has 0 rings (SSSR count). The van der Waals surface area contributed by atoms with Gasteiger partial charge in [0.15, 0.2) is 0 Å². The summed E-state index contributed by atoms with van der Waals surface area (Å²) in [6.45, 7) is 6.64. The highest BCUT2D eigenvalue weighted by atomic mass is 16.7. The van der Waals surface area contributed by atoms with Gasteiger partial charge in [0.05, 0.1) is 5.92 Å². The minimum atomic E-state index is -0.789. The maximum absolute atomic E-state index is 11.0. The van der Waals surface area contributed by atoms with Crippen LogP contribution in [0.1, 0.15) is 41.5 Å². The number of hydrogen-bond acceptors (Lipinski definition) is 4. The summed E-state index contributed by atoms with van der Waals surface area (Å²) in [6, 6.07) is 0. The molecule has 4 nitrogen and oxygen atoms in total. The molecule has 0 spiro atoms. The van der Waals surface area contributed by atoms with E-state index in [-0.39, 0.29) is 31.7 Å². The molecular formula is C10H20O4. The SMILES string of the molecule is C.CCC(=O)OC(C)OC(=O)C(C)C. The first-order valence-electron chi connectivity index (χ1n) is 4.37. The van der Waals surface area contributed by atoms with E-state index in [1.165, 1.54) is 6.92 Å². The normalized spacial score (nSPS) is 11.5. The number of hydrogen-bond donors (Lipinski definition) is 0. The number of rotatable bonds is 4. The zero-order valence-electron chi connectivity index (χ0n) is 8.49. The lowest BCUT2D eigenvalue weighted by molar-refractivity contribution is -0.186. The highest BCUT2D eigenvalue weighted by Gasteiger charge is 2.15. The molecule has 0 radical (unpaired) electrons. The van der Waals surface area contributed by atoms with Crippen LogP contribution in [-0.2, 0) is 19.1 Å². The Bertz CT molecular complexity index is 187. The highest BCUT2D eigenvalue weighted by Crippen LogP contribution is 2.02. The molecule has 0 aromatic rings. The molecule has 1 atom stereocenters. The second-order valence-corrected chi connectivity index (χ2v) is 3.00. The maximum Gasteiger partial charge on any atom is 0.311 e. The number of esters is 2. The van der Waals surface area contributed by atoms with Gasteiger partial charge in [0, 0.05) is 13.3 Å². The first kappa shape index (κ1) is 15.4. The summed E-state index contributed by atoms with van der Waals surface area (Å²) in [5, 5.41) is 0. The quantitative estimate of drug-likeness (QED) is 0.520. The minimum Gasteiger partial charge on any atom is -0.425 e. The van der Waals surface area contributed by atoms with E-state index in [0.717, 1.165) is 0 Å². The molecule has 0 aliphatic rings. The van der Waals surface area contributed by atoms with Crippen molar-refractivity contribution in [2.24, 2.45) is 5.92 Å². The van der Waals surface area contributed by atoms with Gasteiger partial charge in [0.2, 0.25) is 6.29 Å². The van der Waals surface area contributed by atoms with Crippen molar-refractivity contribution in [3.05, 3.63) is 0 Å². The Morgan fingerprint density at radius 3 is 2.00 bits per heavy atom. The molecule has 0 N–H and O–H groups in total.